The zero-order chi connectivity index (χ0) is 15.6. The fourth-order valence-corrected chi connectivity index (χ4v) is 3.12. The Morgan fingerprint density at radius 2 is 1.87 bits per heavy atom. The summed E-state index contributed by atoms with van der Waals surface area (Å²) in [5.41, 5.74) is 10.3. The van der Waals surface area contributed by atoms with Crippen molar-refractivity contribution in [2.24, 2.45) is 5.73 Å². The quantitative estimate of drug-likeness (QED) is 0.807. The fraction of sp³-hybridized carbons (Fsp3) is 0.278. The summed E-state index contributed by atoms with van der Waals surface area (Å²) >= 11 is 0. The maximum absolute atomic E-state index is 5.70. The van der Waals surface area contributed by atoms with E-state index in [1.54, 1.807) is 0 Å². The first-order valence-corrected chi connectivity index (χ1v) is 7.94. The van der Waals surface area contributed by atoms with Gasteiger partial charge in [0.15, 0.2) is 0 Å². The van der Waals surface area contributed by atoms with Crippen molar-refractivity contribution in [3.63, 3.8) is 0 Å². The summed E-state index contributed by atoms with van der Waals surface area (Å²) in [5, 5.41) is 1.23. The van der Waals surface area contributed by atoms with Gasteiger partial charge in [-0.3, -0.25) is 4.98 Å². The topological polar surface area (TPSA) is 56.3 Å². The Morgan fingerprint density at radius 3 is 2.61 bits per heavy atom. The van der Waals surface area contributed by atoms with Gasteiger partial charge in [0.2, 0.25) is 0 Å². The van der Waals surface area contributed by atoms with Crippen LogP contribution in [0.1, 0.15) is 5.56 Å². The van der Waals surface area contributed by atoms with Crippen molar-refractivity contribution in [2.75, 3.05) is 31.2 Å². The first-order chi connectivity index (χ1) is 11.4. The van der Waals surface area contributed by atoms with Crippen LogP contribution in [0.15, 0.2) is 48.9 Å². The summed E-state index contributed by atoms with van der Waals surface area (Å²) in [4.78, 5) is 6.69. The Morgan fingerprint density at radius 1 is 1.09 bits per heavy atom. The second-order valence-corrected chi connectivity index (χ2v) is 5.75. The molecule has 3 aromatic rings. The molecule has 4 rings (SSSR count). The third-order valence-corrected chi connectivity index (χ3v) is 4.39. The molecule has 5 heteroatoms. The monoisotopic (exact) mass is 308 g/mol. The normalized spacial score (nSPS) is 15.3. The number of hydrogen-bond donors (Lipinski definition) is 1. The van der Waals surface area contributed by atoms with Gasteiger partial charge in [-0.25, -0.2) is 0 Å². The molecule has 0 bridgehead atoms. The van der Waals surface area contributed by atoms with Gasteiger partial charge in [0.05, 0.1) is 30.6 Å². The summed E-state index contributed by atoms with van der Waals surface area (Å²) in [6.07, 6.45) is 5.99. The first kappa shape index (κ1) is 14.2. The minimum Gasteiger partial charge on any atom is -0.378 e. The highest BCUT2D eigenvalue weighted by Gasteiger charge is 2.17. The van der Waals surface area contributed by atoms with E-state index in [0.717, 1.165) is 43.1 Å². The molecule has 1 aliphatic rings. The predicted octanol–water partition coefficient (Wildman–Crippen LogP) is 2.32. The van der Waals surface area contributed by atoms with Gasteiger partial charge >= 0.3 is 0 Å². The highest BCUT2D eigenvalue weighted by Crippen LogP contribution is 2.31. The molecule has 0 radical (unpaired) electrons. The first-order valence-electron chi connectivity index (χ1n) is 7.94. The molecule has 0 unspecified atom stereocenters. The summed E-state index contributed by atoms with van der Waals surface area (Å²) < 4.78 is 7.68. The van der Waals surface area contributed by atoms with Crippen molar-refractivity contribution in [2.45, 2.75) is 6.54 Å². The molecular formula is C18H20N4O. The number of benzene rings is 1. The van der Waals surface area contributed by atoms with Crippen molar-refractivity contribution in [3.05, 3.63) is 54.5 Å². The van der Waals surface area contributed by atoms with Crippen molar-refractivity contribution in [1.82, 2.24) is 9.55 Å². The third-order valence-electron chi connectivity index (χ3n) is 4.39. The lowest BCUT2D eigenvalue weighted by Gasteiger charge is -2.28. The Kier molecular flexibility index (Phi) is 3.73. The maximum atomic E-state index is 5.70. The van der Waals surface area contributed by atoms with Gasteiger partial charge < -0.3 is 19.9 Å². The number of nitrogens with zero attached hydrogens (tertiary/aromatic N) is 3. The van der Waals surface area contributed by atoms with E-state index in [1.807, 2.05) is 12.4 Å². The summed E-state index contributed by atoms with van der Waals surface area (Å²) in [7, 11) is 0. The molecule has 1 fully saturated rings. The van der Waals surface area contributed by atoms with Gasteiger partial charge in [-0.2, -0.15) is 0 Å². The summed E-state index contributed by atoms with van der Waals surface area (Å²) in [6, 6.07) is 10.5. The number of rotatable bonds is 3. The van der Waals surface area contributed by atoms with E-state index in [4.69, 9.17) is 10.5 Å². The second-order valence-electron chi connectivity index (χ2n) is 5.75. The number of nitrogens with two attached hydrogens (primary N) is 1. The van der Waals surface area contributed by atoms with Gasteiger partial charge in [-0.05, 0) is 23.8 Å². The van der Waals surface area contributed by atoms with Crippen LogP contribution in [0.3, 0.4) is 0 Å². The van der Waals surface area contributed by atoms with Gasteiger partial charge in [0.25, 0.3) is 0 Å². The molecule has 1 saturated heterocycles. The number of pyridine rings is 1. The van der Waals surface area contributed by atoms with E-state index in [0.29, 0.717) is 6.54 Å². The minimum atomic E-state index is 0.563. The molecular weight excluding hydrogens is 288 g/mol. The zero-order valence-electron chi connectivity index (χ0n) is 13.0. The molecule has 118 valence electrons. The average Bonchev–Trinajstić information content (AvgIpc) is 3.02. The zero-order valence-corrected chi connectivity index (χ0v) is 13.0. The number of ether oxygens (including phenoxy) is 1. The highest BCUT2D eigenvalue weighted by atomic mass is 16.5. The molecule has 0 amide bonds. The molecule has 0 saturated carbocycles. The van der Waals surface area contributed by atoms with Crippen LogP contribution in [0.5, 0.6) is 0 Å². The number of aromatic nitrogens is 2. The van der Waals surface area contributed by atoms with Crippen molar-refractivity contribution in [3.8, 4) is 5.69 Å². The van der Waals surface area contributed by atoms with Crippen LogP contribution in [0.25, 0.3) is 16.6 Å². The fourth-order valence-electron chi connectivity index (χ4n) is 3.12. The molecule has 0 atom stereocenters. The van der Waals surface area contributed by atoms with E-state index in [9.17, 15) is 0 Å². The standard InChI is InChI=1S/C18H20N4O/c19-11-14-1-3-15(4-2-14)22-13-18(21-7-9-23-10-8-21)16-5-6-20-12-17(16)22/h1-6,12-13H,7-11,19H2. The number of morpholine rings is 1. The van der Waals surface area contributed by atoms with Crippen LogP contribution in [0.2, 0.25) is 0 Å². The van der Waals surface area contributed by atoms with E-state index in [-0.39, 0.29) is 0 Å². The molecule has 2 N–H and O–H groups in total. The minimum absolute atomic E-state index is 0.563. The van der Waals surface area contributed by atoms with Crippen LogP contribution >= 0.6 is 0 Å². The van der Waals surface area contributed by atoms with E-state index in [2.05, 4.69) is 51.0 Å². The Bertz CT molecular complexity index is 804. The Balaban J connectivity index is 1.82. The molecule has 5 nitrogen and oxygen atoms in total. The highest BCUT2D eigenvalue weighted by molar-refractivity contribution is 5.94. The lowest BCUT2D eigenvalue weighted by Crippen LogP contribution is -2.36. The van der Waals surface area contributed by atoms with Gasteiger partial charge in [0.1, 0.15) is 0 Å². The Labute approximate surface area is 135 Å². The molecule has 0 spiro atoms. The van der Waals surface area contributed by atoms with Crippen molar-refractivity contribution >= 4 is 16.6 Å². The SMILES string of the molecule is NCc1ccc(-n2cc(N3CCOCC3)c3ccncc32)cc1. The van der Waals surface area contributed by atoms with Gasteiger partial charge in [-0.1, -0.05) is 12.1 Å². The molecule has 0 aliphatic carbocycles. The van der Waals surface area contributed by atoms with Crippen LogP contribution < -0.4 is 10.6 Å². The van der Waals surface area contributed by atoms with Crippen molar-refractivity contribution < 1.29 is 4.74 Å². The second kappa shape index (κ2) is 6.02. The number of hydrogen-bond acceptors (Lipinski definition) is 4. The lowest BCUT2D eigenvalue weighted by atomic mass is 10.2. The maximum Gasteiger partial charge on any atom is 0.0734 e. The smallest absolute Gasteiger partial charge is 0.0734 e. The molecule has 1 aromatic carbocycles. The average molecular weight is 308 g/mol. The number of fused-ring (bicyclic) bond motifs is 1. The van der Waals surface area contributed by atoms with Crippen LogP contribution in [-0.4, -0.2) is 35.9 Å². The van der Waals surface area contributed by atoms with Gasteiger partial charge in [0, 0.05) is 43.1 Å². The lowest BCUT2D eigenvalue weighted by molar-refractivity contribution is 0.123. The molecule has 1 aliphatic heterocycles. The van der Waals surface area contributed by atoms with Crippen molar-refractivity contribution in [1.29, 1.82) is 0 Å². The summed E-state index contributed by atoms with van der Waals surface area (Å²) in [6.45, 7) is 3.97. The van der Waals surface area contributed by atoms with E-state index < -0.39 is 0 Å². The van der Waals surface area contributed by atoms with E-state index in [1.165, 1.54) is 11.1 Å². The largest absolute Gasteiger partial charge is 0.378 e. The van der Waals surface area contributed by atoms with Crippen LogP contribution in [0.4, 0.5) is 5.69 Å². The third kappa shape index (κ3) is 2.58. The predicted molar refractivity (Wildman–Crippen MR) is 92.0 cm³/mol. The summed E-state index contributed by atoms with van der Waals surface area (Å²) in [5.74, 6) is 0. The molecule has 3 heterocycles. The number of anilines is 1. The Hall–Kier alpha value is -2.37. The van der Waals surface area contributed by atoms with E-state index >= 15 is 0 Å². The van der Waals surface area contributed by atoms with Crippen LogP contribution in [0, 0.1) is 0 Å². The molecule has 2 aromatic heterocycles. The molecule has 23 heavy (non-hydrogen) atoms. The van der Waals surface area contributed by atoms with Gasteiger partial charge in [-0.15, -0.1) is 0 Å². The van der Waals surface area contributed by atoms with Crippen LogP contribution in [-0.2, 0) is 11.3 Å².